The molecule has 0 fully saturated rings. The van der Waals surface area contributed by atoms with Gasteiger partial charge in [0.2, 0.25) is 5.91 Å². The predicted octanol–water partition coefficient (Wildman–Crippen LogP) is 1.66. The first-order valence-corrected chi connectivity index (χ1v) is 5.85. The number of para-hydroxylation sites is 1. The van der Waals surface area contributed by atoms with Crippen LogP contribution in [0.4, 0.5) is 0 Å². The predicted molar refractivity (Wildman–Crippen MR) is 68.1 cm³/mol. The Kier molecular flexibility index (Phi) is 5.25. The molecule has 0 aliphatic rings. The van der Waals surface area contributed by atoms with E-state index in [1.807, 2.05) is 13.8 Å². The molecule has 0 unspecified atom stereocenters. The molecule has 1 rings (SSSR count). The number of nitrogens with one attached hydrogen (secondary N) is 2. The lowest BCUT2D eigenvalue weighted by Crippen LogP contribution is -2.37. The molecule has 0 aliphatic heterocycles. The summed E-state index contributed by atoms with van der Waals surface area (Å²) >= 11 is 5.77. The zero-order valence-corrected chi connectivity index (χ0v) is 10.7. The summed E-state index contributed by atoms with van der Waals surface area (Å²) < 4.78 is 0. The summed E-state index contributed by atoms with van der Waals surface area (Å²) in [5.41, 5.74) is 0.676. The molecule has 0 spiro atoms. The highest BCUT2D eigenvalue weighted by atomic mass is 35.5. The fraction of sp³-hybridized carbons (Fsp3) is 0.417. The zero-order valence-electron chi connectivity index (χ0n) is 9.96. The van der Waals surface area contributed by atoms with E-state index in [1.165, 1.54) is 0 Å². The minimum Gasteiger partial charge on any atom is -0.506 e. The molecule has 0 atom stereocenters. The minimum atomic E-state index is -0.0680. The zero-order chi connectivity index (χ0) is 12.8. The van der Waals surface area contributed by atoms with Crippen LogP contribution in [0.3, 0.4) is 0 Å². The van der Waals surface area contributed by atoms with Crippen LogP contribution in [-0.2, 0) is 11.3 Å². The topological polar surface area (TPSA) is 61.4 Å². The third-order valence-corrected chi connectivity index (χ3v) is 2.43. The Bertz CT molecular complexity index is 394. The number of phenols is 1. The van der Waals surface area contributed by atoms with E-state index in [0.717, 1.165) is 0 Å². The normalized spacial score (nSPS) is 10.6. The lowest BCUT2D eigenvalue weighted by molar-refractivity contribution is -0.120. The van der Waals surface area contributed by atoms with Gasteiger partial charge in [-0.15, -0.1) is 0 Å². The number of carbonyl (C=O) groups excluding carboxylic acids is 1. The van der Waals surface area contributed by atoms with Gasteiger partial charge in [0.15, 0.2) is 0 Å². The van der Waals surface area contributed by atoms with Crippen LogP contribution < -0.4 is 10.6 Å². The van der Waals surface area contributed by atoms with E-state index < -0.39 is 0 Å². The van der Waals surface area contributed by atoms with Gasteiger partial charge in [-0.1, -0.05) is 23.7 Å². The van der Waals surface area contributed by atoms with Crippen LogP contribution in [0.25, 0.3) is 0 Å². The van der Waals surface area contributed by atoms with Crippen LogP contribution in [0.5, 0.6) is 5.75 Å². The molecule has 0 saturated carbocycles. The molecule has 0 aliphatic carbocycles. The van der Waals surface area contributed by atoms with Gasteiger partial charge in [-0.2, -0.15) is 0 Å². The molecule has 0 radical (unpaired) electrons. The molecular weight excluding hydrogens is 240 g/mol. The smallest absolute Gasteiger partial charge is 0.234 e. The summed E-state index contributed by atoms with van der Waals surface area (Å²) in [6.07, 6.45) is 0. The molecule has 4 nitrogen and oxygen atoms in total. The van der Waals surface area contributed by atoms with Crippen LogP contribution in [0.15, 0.2) is 18.2 Å². The number of phenolic OH excluding ortho intramolecular Hbond substituents is 1. The maximum Gasteiger partial charge on any atom is 0.234 e. The van der Waals surface area contributed by atoms with Crippen molar-refractivity contribution >= 4 is 17.5 Å². The molecule has 3 N–H and O–H groups in total. The fourth-order valence-corrected chi connectivity index (χ4v) is 1.58. The quantitative estimate of drug-likeness (QED) is 0.751. The Balaban J connectivity index is 2.41. The van der Waals surface area contributed by atoms with Crippen LogP contribution in [0.2, 0.25) is 5.02 Å². The fourth-order valence-electron chi connectivity index (χ4n) is 1.39. The van der Waals surface area contributed by atoms with Gasteiger partial charge in [0.25, 0.3) is 0 Å². The number of rotatable bonds is 5. The molecular formula is C12H17ClN2O2. The highest BCUT2D eigenvalue weighted by Crippen LogP contribution is 2.26. The van der Waals surface area contributed by atoms with Crippen molar-refractivity contribution in [1.82, 2.24) is 10.6 Å². The van der Waals surface area contributed by atoms with Gasteiger partial charge in [0, 0.05) is 18.2 Å². The molecule has 5 heteroatoms. The summed E-state index contributed by atoms with van der Waals surface area (Å²) in [7, 11) is 0. The van der Waals surface area contributed by atoms with Crippen molar-refractivity contribution < 1.29 is 9.90 Å². The largest absolute Gasteiger partial charge is 0.506 e. The number of hydrogen-bond acceptors (Lipinski definition) is 3. The first-order chi connectivity index (χ1) is 8.00. The second kappa shape index (κ2) is 6.47. The van der Waals surface area contributed by atoms with E-state index in [1.54, 1.807) is 18.2 Å². The van der Waals surface area contributed by atoms with Crippen molar-refractivity contribution in [3.63, 3.8) is 0 Å². The van der Waals surface area contributed by atoms with Crippen LogP contribution in [0.1, 0.15) is 19.4 Å². The summed E-state index contributed by atoms with van der Waals surface area (Å²) in [5.74, 6) is -0.00699. The summed E-state index contributed by atoms with van der Waals surface area (Å²) in [4.78, 5) is 11.3. The number of amides is 1. The molecule has 0 bridgehead atoms. The van der Waals surface area contributed by atoms with Gasteiger partial charge >= 0.3 is 0 Å². The Hall–Kier alpha value is -1.26. The lowest BCUT2D eigenvalue weighted by Gasteiger charge is -2.10. The Morgan fingerprint density at radius 3 is 2.82 bits per heavy atom. The second-order valence-corrected chi connectivity index (χ2v) is 4.48. The Labute approximate surface area is 106 Å². The maximum atomic E-state index is 11.3. The Morgan fingerprint density at radius 1 is 1.47 bits per heavy atom. The van der Waals surface area contributed by atoms with Gasteiger partial charge in [-0.25, -0.2) is 0 Å². The van der Waals surface area contributed by atoms with E-state index in [4.69, 9.17) is 11.6 Å². The molecule has 0 aromatic heterocycles. The highest BCUT2D eigenvalue weighted by Gasteiger charge is 2.06. The first-order valence-electron chi connectivity index (χ1n) is 5.47. The van der Waals surface area contributed by atoms with Crippen molar-refractivity contribution in [2.75, 3.05) is 6.54 Å². The van der Waals surface area contributed by atoms with E-state index in [9.17, 15) is 9.90 Å². The van der Waals surface area contributed by atoms with E-state index in [2.05, 4.69) is 10.6 Å². The van der Waals surface area contributed by atoms with E-state index >= 15 is 0 Å². The third-order valence-electron chi connectivity index (χ3n) is 2.12. The van der Waals surface area contributed by atoms with Crippen molar-refractivity contribution in [2.45, 2.75) is 26.4 Å². The van der Waals surface area contributed by atoms with Crippen molar-refractivity contribution in [2.24, 2.45) is 0 Å². The summed E-state index contributed by atoms with van der Waals surface area (Å²) in [6, 6.07) is 5.26. The van der Waals surface area contributed by atoms with Crippen molar-refractivity contribution in [1.29, 1.82) is 0 Å². The number of aromatic hydroxyl groups is 1. The third kappa shape index (κ3) is 4.63. The second-order valence-electron chi connectivity index (χ2n) is 4.07. The average Bonchev–Trinajstić information content (AvgIpc) is 2.23. The van der Waals surface area contributed by atoms with Crippen LogP contribution in [0, 0.1) is 0 Å². The standard InChI is InChI=1S/C12H17ClN2O2/c1-8(2)15-11(16)7-14-6-9-4-3-5-10(13)12(9)17/h3-5,8,14,17H,6-7H2,1-2H3,(H,15,16). The first kappa shape index (κ1) is 13.8. The number of hydrogen-bond donors (Lipinski definition) is 3. The number of carbonyl (C=O) groups is 1. The van der Waals surface area contributed by atoms with E-state index in [-0.39, 0.29) is 24.2 Å². The molecule has 17 heavy (non-hydrogen) atoms. The summed E-state index contributed by atoms with van der Waals surface area (Å²) in [5, 5.41) is 15.7. The molecule has 1 aromatic carbocycles. The highest BCUT2D eigenvalue weighted by molar-refractivity contribution is 6.32. The minimum absolute atomic E-state index is 0.0611. The van der Waals surface area contributed by atoms with Crippen LogP contribution >= 0.6 is 11.6 Å². The number of benzene rings is 1. The molecule has 1 aromatic rings. The van der Waals surface area contributed by atoms with Crippen molar-refractivity contribution in [3.05, 3.63) is 28.8 Å². The van der Waals surface area contributed by atoms with Gasteiger partial charge in [0.1, 0.15) is 5.75 Å². The molecule has 1 amide bonds. The lowest BCUT2D eigenvalue weighted by atomic mass is 10.2. The van der Waals surface area contributed by atoms with Gasteiger partial charge in [0.05, 0.1) is 11.6 Å². The van der Waals surface area contributed by atoms with Gasteiger partial charge in [-0.3, -0.25) is 4.79 Å². The molecule has 0 heterocycles. The maximum absolute atomic E-state index is 11.3. The van der Waals surface area contributed by atoms with Crippen LogP contribution in [-0.4, -0.2) is 23.6 Å². The van der Waals surface area contributed by atoms with Gasteiger partial charge < -0.3 is 15.7 Å². The van der Waals surface area contributed by atoms with E-state index in [0.29, 0.717) is 17.1 Å². The molecule has 94 valence electrons. The molecule has 0 saturated heterocycles. The van der Waals surface area contributed by atoms with Gasteiger partial charge in [-0.05, 0) is 19.9 Å². The Morgan fingerprint density at radius 2 is 2.18 bits per heavy atom. The monoisotopic (exact) mass is 256 g/mol. The average molecular weight is 257 g/mol. The summed E-state index contributed by atoms with van der Waals surface area (Å²) in [6.45, 7) is 4.42. The number of halogens is 1. The SMILES string of the molecule is CC(C)NC(=O)CNCc1cccc(Cl)c1O. The van der Waals surface area contributed by atoms with Crippen molar-refractivity contribution in [3.8, 4) is 5.75 Å².